The lowest BCUT2D eigenvalue weighted by Crippen LogP contribution is -2.30. The third-order valence-electron chi connectivity index (χ3n) is 5.16. The van der Waals surface area contributed by atoms with Crippen molar-refractivity contribution in [3.8, 4) is 22.9 Å². The molecule has 166 valence electrons. The minimum atomic E-state index is -0.247. The highest BCUT2D eigenvalue weighted by molar-refractivity contribution is 5.94. The Hall–Kier alpha value is -4.26. The molecule has 7 nitrogen and oxygen atoms in total. The lowest BCUT2D eigenvalue weighted by molar-refractivity contribution is -0.121. The van der Waals surface area contributed by atoms with Crippen molar-refractivity contribution in [1.82, 2.24) is 20.8 Å². The van der Waals surface area contributed by atoms with E-state index in [0.717, 1.165) is 22.3 Å². The first-order valence-corrected chi connectivity index (χ1v) is 10.7. The molecule has 1 aromatic heterocycles. The second-order valence-corrected chi connectivity index (χ2v) is 7.57. The standard InChI is InChI=1S/C26H24N4O3/c1-18-7-5-6-10-22(18)26-30-29-25(33-26)21-13-11-20(12-14-21)24(32)27-16-15-23(31)28-17-19-8-3-2-4-9-19/h2-14H,15-17H2,1H3,(H,27,32)(H,28,31). The maximum atomic E-state index is 12.4. The lowest BCUT2D eigenvalue weighted by atomic mass is 10.1. The zero-order chi connectivity index (χ0) is 23.0. The largest absolute Gasteiger partial charge is 0.416 e. The summed E-state index contributed by atoms with van der Waals surface area (Å²) in [5.41, 5.74) is 4.18. The van der Waals surface area contributed by atoms with E-state index < -0.39 is 0 Å². The molecule has 0 radical (unpaired) electrons. The van der Waals surface area contributed by atoms with E-state index in [1.54, 1.807) is 24.3 Å². The molecular weight excluding hydrogens is 416 g/mol. The number of nitrogens with one attached hydrogen (secondary N) is 2. The van der Waals surface area contributed by atoms with Crippen LogP contribution < -0.4 is 10.6 Å². The summed E-state index contributed by atoms with van der Waals surface area (Å²) in [6, 6.07) is 24.4. The molecule has 0 atom stereocenters. The predicted octanol–water partition coefficient (Wildman–Crippen LogP) is 4.15. The maximum Gasteiger partial charge on any atom is 0.251 e. The third kappa shape index (κ3) is 5.71. The number of rotatable bonds is 8. The molecular formula is C26H24N4O3. The van der Waals surface area contributed by atoms with E-state index >= 15 is 0 Å². The molecule has 0 saturated carbocycles. The van der Waals surface area contributed by atoms with Crippen molar-refractivity contribution in [2.45, 2.75) is 19.9 Å². The smallest absolute Gasteiger partial charge is 0.251 e. The van der Waals surface area contributed by atoms with Crippen molar-refractivity contribution >= 4 is 11.8 Å². The Bertz CT molecular complexity index is 1230. The minimum Gasteiger partial charge on any atom is -0.416 e. The van der Waals surface area contributed by atoms with E-state index in [0.29, 0.717) is 23.9 Å². The maximum absolute atomic E-state index is 12.4. The number of benzene rings is 3. The highest BCUT2D eigenvalue weighted by Crippen LogP contribution is 2.26. The second-order valence-electron chi connectivity index (χ2n) is 7.57. The molecule has 7 heteroatoms. The van der Waals surface area contributed by atoms with Gasteiger partial charge in [-0.1, -0.05) is 48.5 Å². The summed E-state index contributed by atoms with van der Waals surface area (Å²) in [7, 11) is 0. The predicted molar refractivity (Wildman–Crippen MR) is 125 cm³/mol. The van der Waals surface area contributed by atoms with E-state index in [9.17, 15) is 9.59 Å². The molecule has 1 heterocycles. The molecule has 0 fully saturated rings. The van der Waals surface area contributed by atoms with Gasteiger partial charge in [0.1, 0.15) is 0 Å². The molecule has 0 aliphatic heterocycles. The van der Waals surface area contributed by atoms with Crippen LogP contribution in [0.5, 0.6) is 0 Å². The highest BCUT2D eigenvalue weighted by Gasteiger charge is 2.13. The van der Waals surface area contributed by atoms with E-state index in [-0.39, 0.29) is 24.8 Å². The van der Waals surface area contributed by atoms with Gasteiger partial charge in [0, 0.05) is 36.2 Å². The van der Waals surface area contributed by atoms with Crippen molar-refractivity contribution in [2.24, 2.45) is 0 Å². The summed E-state index contributed by atoms with van der Waals surface area (Å²) in [5, 5.41) is 13.9. The summed E-state index contributed by atoms with van der Waals surface area (Å²) in [6.45, 7) is 2.71. The Morgan fingerprint density at radius 1 is 0.818 bits per heavy atom. The molecule has 0 unspecified atom stereocenters. The van der Waals surface area contributed by atoms with Gasteiger partial charge < -0.3 is 15.1 Å². The van der Waals surface area contributed by atoms with Crippen LogP contribution in [0, 0.1) is 6.92 Å². The molecule has 0 saturated heterocycles. The van der Waals surface area contributed by atoms with Crippen LogP contribution >= 0.6 is 0 Å². The monoisotopic (exact) mass is 440 g/mol. The molecule has 3 aromatic carbocycles. The number of aryl methyl sites for hydroxylation is 1. The molecule has 2 amide bonds. The number of amides is 2. The van der Waals surface area contributed by atoms with Gasteiger partial charge in [0.15, 0.2) is 0 Å². The van der Waals surface area contributed by atoms with Gasteiger partial charge in [-0.25, -0.2) is 0 Å². The SMILES string of the molecule is Cc1ccccc1-c1nnc(-c2ccc(C(=O)NCCC(=O)NCc3ccccc3)cc2)o1. The van der Waals surface area contributed by atoms with E-state index in [1.807, 2.05) is 61.5 Å². The van der Waals surface area contributed by atoms with Crippen LogP contribution in [0.1, 0.15) is 27.9 Å². The normalized spacial score (nSPS) is 10.6. The van der Waals surface area contributed by atoms with Crippen molar-refractivity contribution in [1.29, 1.82) is 0 Å². The number of carbonyl (C=O) groups is 2. The van der Waals surface area contributed by atoms with Gasteiger partial charge in [-0.15, -0.1) is 10.2 Å². The van der Waals surface area contributed by atoms with Gasteiger partial charge in [0.05, 0.1) is 0 Å². The Morgan fingerprint density at radius 2 is 1.52 bits per heavy atom. The number of aromatic nitrogens is 2. The lowest BCUT2D eigenvalue weighted by Gasteiger charge is -2.07. The molecule has 0 aliphatic rings. The van der Waals surface area contributed by atoms with Crippen LogP contribution in [-0.2, 0) is 11.3 Å². The van der Waals surface area contributed by atoms with Gasteiger partial charge in [0.25, 0.3) is 5.91 Å². The fourth-order valence-electron chi connectivity index (χ4n) is 3.30. The molecule has 33 heavy (non-hydrogen) atoms. The first kappa shape index (κ1) is 22.0. The number of nitrogens with zero attached hydrogens (tertiary/aromatic N) is 2. The topological polar surface area (TPSA) is 97.1 Å². The molecule has 2 N–H and O–H groups in total. The Kier molecular flexibility index (Phi) is 6.90. The van der Waals surface area contributed by atoms with Crippen LogP contribution in [0.3, 0.4) is 0 Å². The van der Waals surface area contributed by atoms with Crippen molar-refractivity contribution in [2.75, 3.05) is 6.54 Å². The highest BCUT2D eigenvalue weighted by atomic mass is 16.4. The average Bonchev–Trinajstić information content (AvgIpc) is 3.34. The van der Waals surface area contributed by atoms with Crippen LogP contribution in [0.2, 0.25) is 0 Å². The summed E-state index contributed by atoms with van der Waals surface area (Å²) in [5.74, 6) is 0.477. The van der Waals surface area contributed by atoms with E-state index in [1.165, 1.54) is 0 Å². The van der Waals surface area contributed by atoms with Crippen molar-refractivity contribution in [3.63, 3.8) is 0 Å². The van der Waals surface area contributed by atoms with E-state index in [2.05, 4.69) is 20.8 Å². The molecule has 0 aliphatic carbocycles. The average molecular weight is 441 g/mol. The van der Waals surface area contributed by atoms with Gasteiger partial charge >= 0.3 is 0 Å². The van der Waals surface area contributed by atoms with Crippen LogP contribution in [0.25, 0.3) is 22.9 Å². The van der Waals surface area contributed by atoms with Gasteiger partial charge in [-0.3, -0.25) is 9.59 Å². The number of hydrogen-bond donors (Lipinski definition) is 2. The first-order valence-electron chi connectivity index (χ1n) is 10.7. The minimum absolute atomic E-state index is 0.115. The van der Waals surface area contributed by atoms with E-state index in [4.69, 9.17) is 4.42 Å². The third-order valence-corrected chi connectivity index (χ3v) is 5.16. The van der Waals surface area contributed by atoms with Crippen LogP contribution in [0.15, 0.2) is 83.3 Å². The Labute approximate surface area is 191 Å². The zero-order valence-electron chi connectivity index (χ0n) is 18.2. The number of carbonyl (C=O) groups excluding carboxylic acids is 2. The zero-order valence-corrected chi connectivity index (χ0v) is 18.2. The quantitative estimate of drug-likeness (QED) is 0.429. The fraction of sp³-hybridized carbons (Fsp3) is 0.154. The molecule has 0 bridgehead atoms. The Morgan fingerprint density at radius 3 is 2.27 bits per heavy atom. The molecule has 4 aromatic rings. The second kappa shape index (κ2) is 10.4. The molecule has 4 rings (SSSR count). The van der Waals surface area contributed by atoms with Gasteiger partial charge in [-0.2, -0.15) is 0 Å². The van der Waals surface area contributed by atoms with Crippen LogP contribution in [-0.4, -0.2) is 28.6 Å². The summed E-state index contributed by atoms with van der Waals surface area (Å²) in [6.07, 6.45) is 0.209. The van der Waals surface area contributed by atoms with Gasteiger partial charge in [-0.05, 0) is 48.4 Å². The van der Waals surface area contributed by atoms with Crippen molar-refractivity contribution < 1.29 is 14.0 Å². The Balaban J connectivity index is 1.28. The molecule has 0 spiro atoms. The summed E-state index contributed by atoms with van der Waals surface area (Å²) < 4.78 is 5.82. The van der Waals surface area contributed by atoms with Crippen molar-refractivity contribution in [3.05, 3.63) is 95.6 Å². The van der Waals surface area contributed by atoms with Gasteiger partial charge in [0.2, 0.25) is 17.7 Å². The summed E-state index contributed by atoms with van der Waals surface area (Å²) in [4.78, 5) is 24.4. The number of hydrogen-bond acceptors (Lipinski definition) is 5. The fourth-order valence-corrected chi connectivity index (χ4v) is 3.30. The summed E-state index contributed by atoms with van der Waals surface area (Å²) >= 11 is 0. The first-order chi connectivity index (χ1) is 16.1. The van der Waals surface area contributed by atoms with Crippen LogP contribution in [0.4, 0.5) is 0 Å².